The highest BCUT2D eigenvalue weighted by molar-refractivity contribution is 5.69. The van der Waals surface area contributed by atoms with E-state index >= 15 is 0 Å². The number of likely N-dealkylation sites (N-methyl/N-ethyl adjacent to an activating group) is 1. The van der Waals surface area contributed by atoms with Crippen LogP contribution < -0.4 is 0 Å². The first-order valence-corrected chi connectivity index (χ1v) is 10.6. The average Bonchev–Trinajstić information content (AvgIpc) is 2.98. The Morgan fingerprint density at radius 1 is 1.14 bits per heavy atom. The molecule has 0 aliphatic carbocycles. The molecular formula is C24H34N2O3. The minimum absolute atomic E-state index is 0.111. The van der Waals surface area contributed by atoms with Gasteiger partial charge in [-0.1, -0.05) is 45.0 Å². The second kappa shape index (κ2) is 9.14. The number of carboxylic acids is 1. The Bertz CT molecular complexity index is 804. The van der Waals surface area contributed by atoms with Gasteiger partial charge in [0.25, 0.3) is 0 Å². The number of likely N-dealkylation sites (tertiary alicyclic amines) is 1. The minimum Gasteiger partial charge on any atom is -0.480 e. The summed E-state index contributed by atoms with van der Waals surface area (Å²) in [5, 5.41) is 9.02. The van der Waals surface area contributed by atoms with E-state index in [1.807, 2.05) is 11.9 Å². The molecule has 1 aliphatic rings. The van der Waals surface area contributed by atoms with Gasteiger partial charge in [-0.05, 0) is 56.0 Å². The quantitative estimate of drug-likeness (QED) is 0.770. The number of furan rings is 1. The molecule has 3 rings (SSSR count). The predicted octanol–water partition coefficient (Wildman–Crippen LogP) is 4.62. The molecule has 29 heavy (non-hydrogen) atoms. The van der Waals surface area contributed by atoms with Gasteiger partial charge in [0.15, 0.2) is 0 Å². The number of hydrogen-bond acceptors (Lipinski definition) is 4. The van der Waals surface area contributed by atoms with Gasteiger partial charge in [-0.2, -0.15) is 0 Å². The maximum atomic E-state index is 11.0. The zero-order valence-electron chi connectivity index (χ0n) is 18.1. The summed E-state index contributed by atoms with van der Waals surface area (Å²) in [7, 11) is 1.91. The highest BCUT2D eigenvalue weighted by Crippen LogP contribution is 2.28. The summed E-state index contributed by atoms with van der Waals surface area (Å²) in [4.78, 5) is 15.4. The first kappa shape index (κ1) is 21.6. The number of rotatable bonds is 6. The van der Waals surface area contributed by atoms with E-state index in [1.165, 1.54) is 5.56 Å². The molecule has 0 spiro atoms. The van der Waals surface area contributed by atoms with Crippen LogP contribution in [-0.4, -0.2) is 53.6 Å². The van der Waals surface area contributed by atoms with Crippen LogP contribution in [0.2, 0.25) is 0 Å². The van der Waals surface area contributed by atoms with Gasteiger partial charge in [0.2, 0.25) is 0 Å². The zero-order valence-corrected chi connectivity index (χ0v) is 18.1. The van der Waals surface area contributed by atoms with E-state index in [9.17, 15) is 4.79 Å². The summed E-state index contributed by atoms with van der Waals surface area (Å²) >= 11 is 0. The van der Waals surface area contributed by atoms with Crippen molar-refractivity contribution in [1.82, 2.24) is 9.80 Å². The van der Waals surface area contributed by atoms with Crippen molar-refractivity contribution in [1.29, 1.82) is 0 Å². The Morgan fingerprint density at radius 3 is 2.52 bits per heavy atom. The molecule has 1 saturated heterocycles. The summed E-state index contributed by atoms with van der Waals surface area (Å²) in [6.07, 6.45) is 3.12. The van der Waals surface area contributed by atoms with Crippen LogP contribution in [0.25, 0.3) is 11.3 Å². The molecule has 0 amide bonds. The molecule has 2 aromatic rings. The van der Waals surface area contributed by atoms with Crippen molar-refractivity contribution in [2.45, 2.75) is 58.0 Å². The van der Waals surface area contributed by atoms with Crippen LogP contribution in [-0.2, 0) is 16.8 Å². The fourth-order valence-corrected chi connectivity index (χ4v) is 4.05. The Balaban J connectivity index is 1.58. The highest BCUT2D eigenvalue weighted by atomic mass is 16.4. The first-order valence-electron chi connectivity index (χ1n) is 10.6. The van der Waals surface area contributed by atoms with Gasteiger partial charge in [-0.15, -0.1) is 0 Å². The van der Waals surface area contributed by atoms with Crippen molar-refractivity contribution in [3.63, 3.8) is 0 Å². The molecule has 2 heterocycles. The third-order valence-corrected chi connectivity index (χ3v) is 5.87. The summed E-state index contributed by atoms with van der Waals surface area (Å²) in [5.74, 6) is 1.14. The van der Waals surface area contributed by atoms with Gasteiger partial charge in [-0.3, -0.25) is 14.6 Å². The molecule has 0 bridgehead atoms. The van der Waals surface area contributed by atoms with Crippen molar-refractivity contribution in [3.05, 3.63) is 47.7 Å². The molecule has 1 aliphatic heterocycles. The van der Waals surface area contributed by atoms with E-state index in [1.54, 1.807) is 0 Å². The monoisotopic (exact) mass is 398 g/mol. The van der Waals surface area contributed by atoms with Crippen molar-refractivity contribution < 1.29 is 14.3 Å². The van der Waals surface area contributed by atoms with E-state index < -0.39 is 5.97 Å². The minimum atomic E-state index is -0.757. The van der Waals surface area contributed by atoms with Gasteiger partial charge in [0.05, 0.1) is 13.1 Å². The Morgan fingerprint density at radius 2 is 1.86 bits per heavy atom. The molecule has 158 valence electrons. The topological polar surface area (TPSA) is 56.9 Å². The van der Waals surface area contributed by atoms with Crippen LogP contribution in [0.5, 0.6) is 0 Å². The molecule has 1 aromatic carbocycles. The fourth-order valence-electron chi connectivity index (χ4n) is 4.05. The van der Waals surface area contributed by atoms with Gasteiger partial charge in [0.1, 0.15) is 11.5 Å². The molecular weight excluding hydrogens is 364 g/mol. The smallest absolute Gasteiger partial charge is 0.317 e. The molecule has 0 radical (unpaired) electrons. The Hall–Kier alpha value is -2.11. The number of carbonyl (C=O) groups is 1. The van der Waals surface area contributed by atoms with Crippen molar-refractivity contribution in [2.75, 3.05) is 26.7 Å². The van der Waals surface area contributed by atoms with Crippen LogP contribution in [0.1, 0.15) is 51.4 Å². The maximum absolute atomic E-state index is 11.0. The molecule has 0 saturated carbocycles. The van der Waals surface area contributed by atoms with Crippen LogP contribution in [0.3, 0.4) is 0 Å². The fraction of sp³-hybridized carbons (Fsp3) is 0.542. The Labute approximate surface area is 174 Å². The van der Waals surface area contributed by atoms with Crippen molar-refractivity contribution in [2.24, 2.45) is 0 Å². The third-order valence-electron chi connectivity index (χ3n) is 5.87. The lowest BCUT2D eigenvalue weighted by Gasteiger charge is -2.25. The second-order valence-corrected chi connectivity index (χ2v) is 9.26. The summed E-state index contributed by atoms with van der Waals surface area (Å²) in [6, 6.07) is 13.1. The largest absolute Gasteiger partial charge is 0.480 e. The van der Waals surface area contributed by atoms with Crippen LogP contribution in [0, 0.1) is 0 Å². The van der Waals surface area contributed by atoms with Crippen molar-refractivity contribution in [3.8, 4) is 11.3 Å². The lowest BCUT2D eigenvalue weighted by molar-refractivity contribution is -0.138. The third kappa shape index (κ3) is 5.94. The van der Waals surface area contributed by atoms with Gasteiger partial charge >= 0.3 is 5.97 Å². The standard InChI is InChI=1S/C24H34N2O3/c1-24(2,3)19-9-7-18(8-10-19)22-12-11-21(29-22)16-26-14-5-6-20(13-15-26)25(4)17-23(27)28/h7-12,20H,5-6,13-17H2,1-4H3,(H,27,28). The van der Waals surface area contributed by atoms with Gasteiger partial charge in [-0.25, -0.2) is 0 Å². The average molecular weight is 399 g/mol. The van der Waals surface area contributed by atoms with Crippen LogP contribution in [0.4, 0.5) is 0 Å². The van der Waals surface area contributed by atoms with E-state index in [0.29, 0.717) is 6.04 Å². The summed E-state index contributed by atoms with van der Waals surface area (Å²) in [5.41, 5.74) is 2.58. The lowest BCUT2D eigenvalue weighted by Crippen LogP contribution is -2.36. The summed E-state index contributed by atoms with van der Waals surface area (Å²) < 4.78 is 6.14. The molecule has 1 aromatic heterocycles. The SMILES string of the molecule is CN(CC(=O)O)C1CCCN(Cc2ccc(-c3ccc(C(C)(C)C)cc3)o2)CC1. The predicted molar refractivity (Wildman–Crippen MR) is 116 cm³/mol. The van der Waals surface area contributed by atoms with E-state index in [-0.39, 0.29) is 12.0 Å². The molecule has 5 heteroatoms. The summed E-state index contributed by atoms with van der Waals surface area (Å²) in [6.45, 7) is 9.56. The molecule has 1 atom stereocenters. The van der Waals surface area contributed by atoms with Gasteiger partial charge in [0, 0.05) is 18.2 Å². The molecule has 1 unspecified atom stereocenters. The van der Waals surface area contributed by atoms with E-state index in [2.05, 4.69) is 62.1 Å². The Kier molecular flexibility index (Phi) is 6.81. The number of benzene rings is 1. The molecule has 1 fully saturated rings. The number of carboxylic acid groups (broad SMARTS) is 1. The molecule has 1 N–H and O–H groups in total. The van der Waals surface area contributed by atoms with Crippen LogP contribution in [0.15, 0.2) is 40.8 Å². The highest BCUT2D eigenvalue weighted by Gasteiger charge is 2.22. The van der Waals surface area contributed by atoms with Crippen LogP contribution >= 0.6 is 0 Å². The number of hydrogen-bond donors (Lipinski definition) is 1. The lowest BCUT2D eigenvalue weighted by atomic mass is 9.86. The first-order chi connectivity index (χ1) is 13.7. The zero-order chi connectivity index (χ0) is 21.0. The van der Waals surface area contributed by atoms with Gasteiger partial charge < -0.3 is 9.52 Å². The number of nitrogens with zero attached hydrogens (tertiary/aromatic N) is 2. The maximum Gasteiger partial charge on any atom is 0.317 e. The van der Waals surface area contributed by atoms with E-state index in [0.717, 1.165) is 56.0 Å². The normalized spacial score (nSPS) is 18.7. The number of aliphatic carboxylic acids is 1. The second-order valence-electron chi connectivity index (χ2n) is 9.26. The van der Waals surface area contributed by atoms with Crippen molar-refractivity contribution >= 4 is 5.97 Å². The van der Waals surface area contributed by atoms with E-state index in [4.69, 9.17) is 9.52 Å². The molecule has 5 nitrogen and oxygen atoms in total.